The predicted molar refractivity (Wildman–Crippen MR) is 64.5 cm³/mol. The molecule has 0 unspecified atom stereocenters. The van der Waals surface area contributed by atoms with Crippen LogP contribution in [0.4, 0.5) is 5.82 Å². The Morgan fingerprint density at radius 3 is 2.12 bits per heavy atom. The van der Waals surface area contributed by atoms with Crippen LogP contribution in [0.3, 0.4) is 0 Å². The molecule has 0 saturated heterocycles. The summed E-state index contributed by atoms with van der Waals surface area (Å²) in [5.74, 6) is 0.543. The first-order valence-corrected chi connectivity index (χ1v) is 5.36. The second-order valence-electron chi connectivity index (χ2n) is 3.19. The summed E-state index contributed by atoms with van der Waals surface area (Å²) in [5, 5.41) is 0.292. The molecule has 0 aliphatic carbocycles. The molecule has 0 aliphatic rings. The molecule has 2 heterocycles. The van der Waals surface area contributed by atoms with Crippen LogP contribution in [0.2, 0.25) is 15.6 Å². The molecule has 0 aromatic carbocycles. The SMILES string of the molecule is CN(C)c1nc(Cl)nc2nc(Cl)c(Cl)nc12. The third-order valence-corrected chi connectivity index (χ3v) is 2.62. The number of hydrogen-bond acceptors (Lipinski definition) is 5. The first-order chi connectivity index (χ1) is 7.49. The van der Waals surface area contributed by atoms with Gasteiger partial charge in [-0.3, -0.25) is 0 Å². The molecule has 0 fully saturated rings. The number of rotatable bonds is 1. The second-order valence-corrected chi connectivity index (χ2v) is 4.24. The van der Waals surface area contributed by atoms with Crippen molar-refractivity contribution in [2.24, 2.45) is 0 Å². The Bertz CT molecular complexity index is 557. The Hall–Kier alpha value is -0.910. The molecule has 0 amide bonds. The summed E-state index contributed by atoms with van der Waals surface area (Å²) in [5.41, 5.74) is 0.780. The lowest BCUT2D eigenvalue weighted by molar-refractivity contribution is 1.04. The van der Waals surface area contributed by atoms with E-state index in [4.69, 9.17) is 34.8 Å². The maximum atomic E-state index is 5.79. The van der Waals surface area contributed by atoms with Gasteiger partial charge in [-0.25, -0.2) is 9.97 Å². The number of nitrogens with zero attached hydrogens (tertiary/aromatic N) is 5. The van der Waals surface area contributed by atoms with Gasteiger partial charge in [-0.2, -0.15) is 9.97 Å². The lowest BCUT2D eigenvalue weighted by Gasteiger charge is -2.12. The van der Waals surface area contributed by atoms with Crippen LogP contribution in [-0.4, -0.2) is 34.0 Å². The largest absolute Gasteiger partial charge is 0.361 e. The van der Waals surface area contributed by atoms with Gasteiger partial charge in [-0.1, -0.05) is 23.2 Å². The van der Waals surface area contributed by atoms with Gasteiger partial charge in [0.1, 0.15) is 0 Å². The Balaban J connectivity index is 2.85. The van der Waals surface area contributed by atoms with Crippen LogP contribution in [0, 0.1) is 0 Å². The van der Waals surface area contributed by atoms with E-state index in [-0.39, 0.29) is 15.6 Å². The van der Waals surface area contributed by atoms with Gasteiger partial charge in [-0.15, -0.1) is 0 Å². The van der Waals surface area contributed by atoms with Crippen molar-refractivity contribution < 1.29 is 0 Å². The average molecular weight is 279 g/mol. The normalized spacial score (nSPS) is 10.8. The van der Waals surface area contributed by atoms with E-state index in [0.717, 1.165) is 0 Å². The van der Waals surface area contributed by atoms with Crippen molar-refractivity contribution in [1.82, 2.24) is 19.9 Å². The molecule has 2 rings (SSSR count). The van der Waals surface area contributed by atoms with Gasteiger partial charge in [0.2, 0.25) is 5.28 Å². The minimum Gasteiger partial charge on any atom is -0.361 e. The highest BCUT2D eigenvalue weighted by molar-refractivity contribution is 6.40. The van der Waals surface area contributed by atoms with E-state index in [1.165, 1.54) is 0 Å². The van der Waals surface area contributed by atoms with Gasteiger partial charge in [0, 0.05) is 14.1 Å². The lowest BCUT2D eigenvalue weighted by Crippen LogP contribution is -2.13. The predicted octanol–water partition coefficient (Wildman–Crippen LogP) is 2.45. The molecule has 84 valence electrons. The summed E-state index contributed by atoms with van der Waals surface area (Å²) in [6.07, 6.45) is 0. The molecule has 0 saturated carbocycles. The lowest BCUT2D eigenvalue weighted by atomic mass is 10.4. The molecule has 0 bridgehead atoms. The van der Waals surface area contributed by atoms with Gasteiger partial charge in [0.15, 0.2) is 27.3 Å². The van der Waals surface area contributed by atoms with Crippen molar-refractivity contribution in [1.29, 1.82) is 0 Å². The standard InChI is InChI=1S/C8H6Cl3N5/c1-16(2)7-3-6(14-8(11)15-7)13-5(10)4(9)12-3/h1-2H3. The molecule has 8 heteroatoms. The Morgan fingerprint density at radius 2 is 1.50 bits per heavy atom. The number of anilines is 1. The minimum absolute atomic E-state index is 0.0869. The summed E-state index contributed by atoms with van der Waals surface area (Å²) in [4.78, 5) is 17.8. The quantitative estimate of drug-likeness (QED) is 0.750. The van der Waals surface area contributed by atoms with E-state index in [9.17, 15) is 0 Å². The number of hydrogen-bond donors (Lipinski definition) is 0. The Morgan fingerprint density at radius 1 is 0.875 bits per heavy atom. The molecule has 0 atom stereocenters. The fourth-order valence-electron chi connectivity index (χ4n) is 1.18. The van der Waals surface area contributed by atoms with Crippen molar-refractivity contribution in [3.05, 3.63) is 15.6 Å². The molecule has 16 heavy (non-hydrogen) atoms. The van der Waals surface area contributed by atoms with Crippen LogP contribution in [0.15, 0.2) is 0 Å². The third kappa shape index (κ3) is 1.98. The third-order valence-electron chi connectivity index (χ3n) is 1.83. The van der Waals surface area contributed by atoms with Crippen LogP contribution < -0.4 is 4.90 Å². The Kier molecular flexibility index (Phi) is 3.01. The van der Waals surface area contributed by atoms with Crippen LogP contribution in [0.1, 0.15) is 0 Å². The van der Waals surface area contributed by atoms with E-state index < -0.39 is 0 Å². The van der Waals surface area contributed by atoms with Gasteiger partial charge >= 0.3 is 0 Å². The Labute approximate surface area is 106 Å². The maximum Gasteiger partial charge on any atom is 0.226 e. The highest BCUT2D eigenvalue weighted by Crippen LogP contribution is 2.25. The molecule has 0 N–H and O–H groups in total. The minimum atomic E-state index is 0.0869. The van der Waals surface area contributed by atoms with Crippen molar-refractivity contribution in [3.8, 4) is 0 Å². The van der Waals surface area contributed by atoms with Gasteiger partial charge in [-0.05, 0) is 11.6 Å². The highest BCUT2D eigenvalue weighted by atomic mass is 35.5. The average Bonchev–Trinajstić information content (AvgIpc) is 2.19. The van der Waals surface area contributed by atoms with Crippen LogP contribution in [0.5, 0.6) is 0 Å². The summed E-state index contributed by atoms with van der Waals surface area (Å²) < 4.78 is 0. The molecule has 2 aromatic rings. The summed E-state index contributed by atoms with van der Waals surface area (Å²) >= 11 is 17.3. The summed E-state index contributed by atoms with van der Waals surface area (Å²) in [7, 11) is 3.62. The van der Waals surface area contributed by atoms with Crippen molar-refractivity contribution in [3.63, 3.8) is 0 Å². The summed E-state index contributed by atoms with van der Waals surface area (Å²) in [6, 6.07) is 0. The smallest absolute Gasteiger partial charge is 0.226 e. The fraction of sp³-hybridized carbons (Fsp3) is 0.250. The number of fused-ring (bicyclic) bond motifs is 1. The maximum absolute atomic E-state index is 5.79. The van der Waals surface area contributed by atoms with E-state index >= 15 is 0 Å². The summed E-state index contributed by atoms with van der Waals surface area (Å²) in [6.45, 7) is 0. The molecule has 2 aromatic heterocycles. The highest BCUT2D eigenvalue weighted by Gasteiger charge is 2.13. The molecule has 0 aliphatic heterocycles. The van der Waals surface area contributed by atoms with Crippen LogP contribution >= 0.6 is 34.8 Å². The van der Waals surface area contributed by atoms with E-state index in [1.807, 2.05) is 14.1 Å². The molecule has 5 nitrogen and oxygen atoms in total. The van der Waals surface area contributed by atoms with Crippen LogP contribution in [0.25, 0.3) is 11.2 Å². The van der Waals surface area contributed by atoms with Gasteiger partial charge < -0.3 is 4.90 Å². The first-order valence-electron chi connectivity index (χ1n) is 4.22. The van der Waals surface area contributed by atoms with Crippen molar-refractivity contribution in [2.45, 2.75) is 0 Å². The monoisotopic (exact) mass is 277 g/mol. The van der Waals surface area contributed by atoms with Crippen molar-refractivity contribution in [2.75, 3.05) is 19.0 Å². The molecule has 0 radical (unpaired) electrons. The van der Waals surface area contributed by atoms with E-state index in [1.54, 1.807) is 4.90 Å². The molecular weight excluding hydrogens is 272 g/mol. The zero-order valence-electron chi connectivity index (χ0n) is 8.37. The van der Waals surface area contributed by atoms with Gasteiger partial charge in [0.05, 0.1) is 0 Å². The van der Waals surface area contributed by atoms with E-state index in [2.05, 4.69) is 19.9 Å². The fourth-order valence-corrected chi connectivity index (χ4v) is 1.59. The zero-order valence-corrected chi connectivity index (χ0v) is 10.6. The number of halogens is 3. The first kappa shape index (κ1) is 11.6. The van der Waals surface area contributed by atoms with E-state index in [0.29, 0.717) is 17.0 Å². The van der Waals surface area contributed by atoms with Crippen molar-refractivity contribution >= 4 is 51.8 Å². The zero-order chi connectivity index (χ0) is 11.9. The van der Waals surface area contributed by atoms with Gasteiger partial charge in [0.25, 0.3) is 0 Å². The topological polar surface area (TPSA) is 54.8 Å². The van der Waals surface area contributed by atoms with Crippen LogP contribution in [-0.2, 0) is 0 Å². The molecule has 0 spiro atoms. The molecular formula is C8H6Cl3N5. The number of aromatic nitrogens is 4. The second kappa shape index (κ2) is 4.16.